The molecule has 0 spiro atoms. The Balaban J connectivity index is 1.38. The molecule has 1 unspecified atom stereocenters. The monoisotopic (exact) mass is 697 g/mol. The fraction of sp³-hybridized carbons (Fsp3) is 0.639. The van der Waals surface area contributed by atoms with E-state index in [1.165, 1.54) is 4.90 Å². The second kappa shape index (κ2) is 18.5. The van der Waals surface area contributed by atoms with Gasteiger partial charge < -0.3 is 36.0 Å². The molecule has 1 aromatic rings. The fourth-order valence-electron chi connectivity index (χ4n) is 6.17. The molecule has 4 rings (SSSR count). The zero-order chi connectivity index (χ0) is 36.2. The number of ketones is 2. The van der Waals surface area contributed by atoms with Crippen molar-refractivity contribution in [2.45, 2.75) is 96.2 Å². The van der Waals surface area contributed by atoms with Gasteiger partial charge in [-0.25, -0.2) is 14.4 Å². The topological polar surface area (TPSA) is 200 Å². The highest BCUT2D eigenvalue weighted by Crippen LogP contribution is 2.34. The van der Waals surface area contributed by atoms with E-state index in [2.05, 4.69) is 21.3 Å². The van der Waals surface area contributed by atoms with Crippen LogP contribution in [0.5, 0.6) is 0 Å². The number of ether oxygens (including phenoxy) is 1. The maximum atomic E-state index is 13.8. The van der Waals surface area contributed by atoms with Gasteiger partial charge in [-0.1, -0.05) is 76.3 Å². The lowest BCUT2D eigenvalue weighted by Crippen LogP contribution is -2.55. The number of carbonyl (C=O) groups excluding carboxylic acids is 6. The molecule has 14 nitrogen and oxygen atoms in total. The normalized spacial score (nSPS) is 17.8. The lowest BCUT2D eigenvalue weighted by Gasteiger charge is -2.32. The molecule has 3 fully saturated rings. The van der Waals surface area contributed by atoms with E-state index in [1.54, 1.807) is 30.3 Å². The first-order valence-corrected chi connectivity index (χ1v) is 17.8. The average molecular weight is 698 g/mol. The molecule has 0 saturated heterocycles. The van der Waals surface area contributed by atoms with Crippen LogP contribution in [0, 0.1) is 23.7 Å². The van der Waals surface area contributed by atoms with Crippen LogP contribution < -0.4 is 21.3 Å². The van der Waals surface area contributed by atoms with Crippen molar-refractivity contribution in [3.05, 3.63) is 35.9 Å². The van der Waals surface area contributed by atoms with Gasteiger partial charge in [-0.3, -0.25) is 19.2 Å². The third kappa shape index (κ3) is 12.4. The second-order valence-electron chi connectivity index (χ2n) is 14.3. The maximum Gasteiger partial charge on any atom is 0.407 e. The Morgan fingerprint density at radius 3 is 2.12 bits per heavy atom. The Bertz CT molecular complexity index is 1370. The van der Waals surface area contributed by atoms with Crippen molar-refractivity contribution in [1.82, 2.24) is 26.2 Å². The number of carboxylic acids is 1. The Labute approximate surface area is 292 Å². The molecule has 3 saturated carbocycles. The minimum Gasteiger partial charge on any atom is -0.479 e. The quantitative estimate of drug-likeness (QED) is 0.135. The molecule has 0 radical (unpaired) electrons. The van der Waals surface area contributed by atoms with E-state index in [0.29, 0.717) is 5.56 Å². The summed E-state index contributed by atoms with van der Waals surface area (Å²) in [4.78, 5) is 92.1. The molecule has 3 aliphatic rings. The van der Waals surface area contributed by atoms with E-state index in [9.17, 15) is 38.7 Å². The van der Waals surface area contributed by atoms with Crippen molar-refractivity contribution in [3.8, 4) is 0 Å². The summed E-state index contributed by atoms with van der Waals surface area (Å²) < 4.78 is 5.31. The van der Waals surface area contributed by atoms with Crippen molar-refractivity contribution in [2.24, 2.45) is 23.7 Å². The number of hydrogen-bond acceptors (Lipinski definition) is 8. The molecule has 5 amide bonds. The Morgan fingerprint density at radius 2 is 1.52 bits per heavy atom. The van der Waals surface area contributed by atoms with Crippen molar-refractivity contribution in [2.75, 3.05) is 26.2 Å². The van der Waals surface area contributed by atoms with Crippen molar-refractivity contribution >= 4 is 41.5 Å². The third-order valence-electron chi connectivity index (χ3n) is 9.30. The van der Waals surface area contributed by atoms with Gasteiger partial charge in [0.05, 0.1) is 31.8 Å². The summed E-state index contributed by atoms with van der Waals surface area (Å²) in [5, 5.41) is 19.6. The number of alkyl carbamates (subject to hydrolysis) is 1. The molecular weight excluding hydrogens is 646 g/mol. The second-order valence-corrected chi connectivity index (χ2v) is 14.3. The number of benzene rings is 1. The van der Waals surface area contributed by atoms with Gasteiger partial charge in [-0.2, -0.15) is 0 Å². The van der Waals surface area contributed by atoms with E-state index >= 15 is 0 Å². The van der Waals surface area contributed by atoms with E-state index in [1.807, 2.05) is 13.8 Å². The van der Waals surface area contributed by atoms with Crippen LogP contribution in [0.4, 0.5) is 9.59 Å². The van der Waals surface area contributed by atoms with Crippen LogP contribution in [0.2, 0.25) is 0 Å². The van der Waals surface area contributed by atoms with Gasteiger partial charge in [0.25, 0.3) is 5.91 Å². The Morgan fingerprint density at radius 1 is 0.860 bits per heavy atom. The summed E-state index contributed by atoms with van der Waals surface area (Å²) in [6.07, 6.45) is 7.48. The summed E-state index contributed by atoms with van der Waals surface area (Å²) in [5.41, 5.74) is 0.337. The number of carboxylic acid groups (broad SMARTS) is 1. The van der Waals surface area contributed by atoms with Crippen molar-refractivity contribution in [1.29, 1.82) is 0 Å². The highest BCUT2D eigenvalue weighted by Gasteiger charge is 2.38. The molecule has 50 heavy (non-hydrogen) atoms. The number of nitrogens with one attached hydrogen (secondary N) is 4. The molecule has 14 heteroatoms. The molecule has 0 bridgehead atoms. The predicted octanol–water partition coefficient (Wildman–Crippen LogP) is 3.10. The number of urea groups is 1. The van der Waals surface area contributed by atoms with E-state index in [-0.39, 0.29) is 55.6 Å². The Kier molecular flexibility index (Phi) is 14.2. The first-order valence-electron chi connectivity index (χ1n) is 17.8. The molecule has 1 aromatic carbocycles. The number of hydrogen-bond donors (Lipinski definition) is 5. The Hall–Kier alpha value is -4.49. The van der Waals surface area contributed by atoms with Crippen LogP contribution in [0.1, 0.15) is 89.7 Å². The largest absolute Gasteiger partial charge is 0.479 e. The van der Waals surface area contributed by atoms with Gasteiger partial charge in [0.15, 0.2) is 11.8 Å². The number of aliphatic carboxylic acids is 1. The summed E-state index contributed by atoms with van der Waals surface area (Å²) in [5.74, 6) is -4.08. The van der Waals surface area contributed by atoms with Gasteiger partial charge in [-0.15, -0.1) is 0 Å². The van der Waals surface area contributed by atoms with Crippen LogP contribution in [-0.2, 0) is 28.7 Å². The summed E-state index contributed by atoms with van der Waals surface area (Å²) >= 11 is 0. The first-order chi connectivity index (χ1) is 23.9. The predicted molar refractivity (Wildman–Crippen MR) is 182 cm³/mol. The van der Waals surface area contributed by atoms with Crippen molar-refractivity contribution < 1.29 is 43.4 Å². The zero-order valence-electron chi connectivity index (χ0n) is 29.0. The standard InChI is InChI=1S/C36H51N5O9/c1-22(2)21-50-36(49)40-30(25-9-5-3-6-10-25)28(42)20-41(19-24-15-16-24)35(48)38-27(17-23-13-14-23)32(44)33(45)37-18-29(43)39-31(34(46)47)26-11-7-4-8-12-26/h4,7-8,11-12,22-25,27,30-31H,3,5-6,9-10,13-21H2,1-2H3,(H,37,45)(H,38,48)(H,39,43)(H,40,49)(H,46,47)/t27?,30-,31-/m0/s1. The molecule has 0 heterocycles. The SMILES string of the molecule is CC(C)COC(=O)N[C@H](C(=O)CN(CC1CC1)C(=O)NC(CC1CC1)C(=O)C(=O)NCC(=O)N[C@H](C(=O)O)c1ccccc1)C1CCCCC1. The molecule has 274 valence electrons. The summed E-state index contributed by atoms with van der Waals surface area (Å²) in [7, 11) is 0. The van der Waals surface area contributed by atoms with Gasteiger partial charge in [0.1, 0.15) is 0 Å². The molecule has 0 aromatic heterocycles. The van der Waals surface area contributed by atoms with Crippen molar-refractivity contribution in [3.63, 3.8) is 0 Å². The van der Waals surface area contributed by atoms with E-state index < -0.39 is 60.4 Å². The fourth-order valence-corrected chi connectivity index (χ4v) is 6.17. The van der Waals surface area contributed by atoms with Crippen LogP contribution in [-0.4, -0.2) is 89.8 Å². The lowest BCUT2D eigenvalue weighted by atomic mass is 9.82. The van der Waals surface area contributed by atoms with Gasteiger partial charge in [0.2, 0.25) is 11.7 Å². The lowest BCUT2D eigenvalue weighted by molar-refractivity contribution is -0.142. The molecule has 0 aliphatic heterocycles. The van der Waals surface area contributed by atoms with Gasteiger partial charge in [-0.05, 0) is 61.3 Å². The molecule has 3 aliphatic carbocycles. The van der Waals surface area contributed by atoms with Crippen LogP contribution in [0.15, 0.2) is 30.3 Å². The zero-order valence-corrected chi connectivity index (χ0v) is 29.0. The molecule has 5 N–H and O–H groups in total. The number of carbonyl (C=O) groups is 7. The van der Waals surface area contributed by atoms with Crippen LogP contribution in [0.25, 0.3) is 0 Å². The summed E-state index contributed by atoms with van der Waals surface area (Å²) in [6.45, 7) is 3.39. The highest BCUT2D eigenvalue weighted by molar-refractivity contribution is 6.38. The maximum absolute atomic E-state index is 13.8. The van der Waals surface area contributed by atoms with Crippen LogP contribution >= 0.6 is 0 Å². The average Bonchev–Trinajstić information content (AvgIpc) is 4.04. The van der Waals surface area contributed by atoms with Gasteiger partial charge >= 0.3 is 18.1 Å². The summed E-state index contributed by atoms with van der Waals surface area (Å²) in [6, 6.07) is 4.02. The minimum absolute atomic E-state index is 0.0859. The molecule has 3 atom stereocenters. The third-order valence-corrected chi connectivity index (χ3v) is 9.30. The number of rotatable bonds is 19. The van der Waals surface area contributed by atoms with Crippen LogP contribution in [0.3, 0.4) is 0 Å². The minimum atomic E-state index is -1.35. The van der Waals surface area contributed by atoms with E-state index in [4.69, 9.17) is 4.74 Å². The van der Waals surface area contributed by atoms with E-state index in [0.717, 1.165) is 57.8 Å². The number of amides is 5. The highest BCUT2D eigenvalue weighted by atomic mass is 16.5. The number of nitrogens with zero attached hydrogens (tertiary/aromatic N) is 1. The van der Waals surface area contributed by atoms with Gasteiger partial charge in [0, 0.05) is 6.54 Å². The molecular formula is C36H51N5O9. The number of Topliss-reactive ketones (excluding diaryl/α,β-unsaturated/α-hetero) is 2. The smallest absolute Gasteiger partial charge is 0.407 e. The first kappa shape index (κ1) is 38.3.